The van der Waals surface area contributed by atoms with Crippen LogP contribution in [0.5, 0.6) is 0 Å². The zero-order valence-corrected chi connectivity index (χ0v) is 41.8. The Morgan fingerprint density at radius 2 is 1.23 bits per heavy atom. The van der Waals surface area contributed by atoms with Crippen LogP contribution in [0.25, 0.3) is 0 Å². The Bertz CT molecular complexity index is 2230. The lowest BCUT2D eigenvalue weighted by atomic mass is 9.44. The average Bonchev–Trinajstić information content (AvgIpc) is 3.74. The maximum atomic E-state index is 17.7. The van der Waals surface area contributed by atoms with Crippen LogP contribution in [0.3, 0.4) is 0 Å². The molecule has 7 aliphatic carbocycles. The standard InChI is InChI=1S/C53H72F2O16/c1-7-8-41(58)51(54)38(11-9-34-25-36(56)13-15-47(34,51)4)33-23-31(2)50(64,27-33)43(60)29-70-45(62)68-21-19-66-17-18-67-20-22-69-46(63)71-30-44(61)53(65)32(3)24-40-39-12-10-35-26-37(57)14-16-48(35,5)52(39,55)42(59)28-49(40,53)6/h13-16,25-26,31-33,38-42,58-59,64-65H,7-12,17-24,27-30H2,1-6H3/t31-,32-,33-,38+,39+,40+,41+,42+,47+,48+,49+,50?,51+,52+,53+/m1/s1. The van der Waals surface area contributed by atoms with Crippen molar-refractivity contribution < 1.29 is 86.4 Å². The summed E-state index contributed by atoms with van der Waals surface area (Å²) in [5.41, 5.74) is -10.7. The highest BCUT2D eigenvalue weighted by molar-refractivity contribution is 6.02. The Morgan fingerprint density at radius 3 is 1.80 bits per heavy atom. The monoisotopic (exact) mass is 1000 g/mol. The summed E-state index contributed by atoms with van der Waals surface area (Å²) >= 11 is 0. The molecule has 0 aliphatic heterocycles. The maximum Gasteiger partial charge on any atom is 0.508 e. The second-order valence-corrected chi connectivity index (χ2v) is 21.9. The number of fused-ring (bicyclic) bond motifs is 6. The second kappa shape index (κ2) is 20.6. The first kappa shape index (κ1) is 54.6. The van der Waals surface area contributed by atoms with Crippen molar-refractivity contribution in [3.63, 3.8) is 0 Å². The van der Waals surface area contributed by atoms with Crippen LogP contribution in [0.2, 0.25) is 0 Å². The fourth-order valence-corrected chi connectivity index (χ4v) is 14.4. The van der Waals surface area contributed by atoms with Crippen molar-refractivity contribution in [1.29, 1.82) is 0 Å². The SMILES string of the molecule is CCC[C@H](O)[C@@]1(F)[C@H]([C@@H]2C[C@@H](C)C(O)(C(=O)COC(=O)OCCOCCOCCOC(=O)OCC(=O)[C@@]3(O)[C@H](C)C[C@H]4[C@@H]5CCC6=CC(=O)C=C[C@]6(C)[C@@]5(F)[C@@H](O)C[C@@]43C)C2)CCC2=CC(=O)C=C[C@@]21C. The molecule has 0 aromatic rings. The number of hydrogen-bond donors (Lipinski definition) is 4. The molecule has 0 saturated heterocycles. The minimum absolute atomic E-state index is 0.0580. The molecule has 1 unspecified atom stereocenters. The van der Waals surface area contributed by atoms with Crippen LogP contribution in [-0.2, 0) is 47.6 Å². The van der Waals surface area contributed by atoms with Gasteiger partial charge in [-0.2, -0.15) is 0 Å². The molecule has 0 heterocycles. The van der Waals surface area contributed by atoms with E-state index in [-0.39, 0.29) is 70.5 Å². The quantitative estimate of drug-likeness (QED) is 0.0865. The largest absolute Gasteiger partial charge is 0.508 e. The molecule has 4 N–H and O–H groups in total. The number of carbonyl (C=O) groups excluding carboxylic acids is 6. The van der Waals surface area contributed by atoms with E-state index in [1.807, 2.05) is 6.92 Å². The smallest absolute Gasteiger partial charge is 0.432 e. The van der Waals surface area contributed by atoms with Crippen LogP contribution in [0.1, 0.15) is 106 Å². The molecule has 5 fully saturated rings. The van der Waals surface area contributed by atoms with E-state index in [1.165, 1.54) is 24.3 Å². The highest BCUT2D eigenvalue weighted by atomic mass is 19.1. The third-order valence-corrected chi connectivity index (χ3v) is 18.3. The average molecular weight is 1000 g/mol. The van der Waals surface area contributed by atoms with Crippen LogP contribution >= 0.6 is 0 Å². The van der Waals surface area contributed by atoms with Gasteiger partial charge in [-0.1, -0.05) is 57.4 Å². The summed E-state index contributed by atoms with van der Waals surface area (Å²) in [6, 6.07) is 0. The molecule has 0 aromatic carbocycles. The Kier molecular flexibility index (Phi) is 15.8. The minimum Gasteiger partial charge on any atom is -0.432 e. The lowest BCUT2D eigenvalue weighted by Gasteiger charge is -2.62. The fourth-order valence-electron chi connectivity index (χ4n) is 14.4. The number of alkyl halides is 2. The molecule has 15 atom stereocenters. The molecular weight excluding hydrogens is 931 g/mol. The van der Waals surface area contributed by atoms with Gasteiger partial charge in [-0.15, -0.1) is 0 Å². The molecule has 0 radical (unpaired) electrons. The third kappa shape index (κ3) is 9.18. The van der Waals surface area contributed by atoms with Crippen molar-refractivity contribution in [2.24, 2.45) is 51.8 Å². The predicted molar refractivity (Wildman–Crippen MR) is 249 cm³/mol. The molecule has 7 rings (SSSR count). The summed E-state index contributed by atoms with van der Waals surface area (Å²) in [5, 5.41) is 46.6. The number of allylic oxidation sites excluding steroid dienone is 8. The van der Waals surface area contributed by atoms with Gasteiger partial charge in [0.05, 0.1) is 38.6 Å². The predicted octanol–water partition coefficient (Wildman–Crippen LogP) is 5.94. The highest BCUT2D eigenvalue weighted by Crippen LogP contribution is 2.71. The van der Waals surface area contributed by atoms with Crippen molar-refractivity contribution in [2.45, 2.75) is 140 Å². The maximum absolute atomic E-state index is 17.7. The fraction of sp³-hybridized carbons (Fsp3) is 0.736. The number of ether oxygens (including phenoxy) is 6. The van der Waals surface area contributed by atoms with E-state index in [2.05, 4.69) is 0 Å². The number of halogens is 2. The Morgan fingerprint density at radius 1 is 0.704 bits per heavy atom. The molecule has 18 heteroatoms. The van der Waals surface area contributed by atoms with Gasteiger partial charge in [0.1, 0.15) is 24.4 Å². The van der Waals surface area contributed by atoms with Crippen LogP contribution in [0, 0.1) is 51.8 Å². The Balaban J connectivity index is 0.768. The number of aliphatic hydroxyl groups excluding tert-OH is 2. The van der Waals surface area contributed by atoms with Gasteiger partial charge < -0.3 is 48.8 Å². The number of rotatable bonds is 19. The number of ketones is 4. The third-order valence-electron chi connectivity index (χ3n) is 18.3. The van der Waals surface area contributed by atoms with Crippen LogP contribution in [0.15, 0.2) is 47.6 Å². The number of aliphatic hydroxyl groups is 4. The Labute approximate surface area is 413 Å². The summed E-state index contributed by atoms with van der Waals surface area (Å²) < 4.78 is 66.0. The molecule has 16 nitrogen and oxygen atoms in total. The number of hydrogen-bond acceptors (Lipinski definition) is 16. The zero-order valence-electron chi connectivity index (χ0n) is 41.8. The topological polar surface area (TPSA) is 239 Å². The van der Waals surface area contributed by atoms with Crippen molar-refractivity contribution >= 4 is 35.4 Å². The number of carbonyl (C=O) groups is 6. The molecule has 0 amide bonds. The molecule has 0 spiro atoms. The molecule has 394 valence electrons. The van der Waals surface area contributed by atoms with Gasteiger partial charge in [0.2, 0.25) is 11.6 Å². The van der Waals surface area contributed by atoms with Crippen molar-refractivity contribution in [2.75, 3.05) is 52.9 Å². The Hall–Kier alpha value is -4.20. The zero-order chi connectivity index (χ0) is 52.0. The molecule has 5 saturated carbocycles. The summed E-state index contributed by atoms with van der Waals surface area (Å²) in [4.78, 5) is 76.2. The summed E-state index contributed by atoms with van der Waals surface area (Å²) in [5.74, 6) is -5.61. The van der Waals surface area contributed by atoms with E-state index in [0.29, 0.717) is 56.1 Å². The van der Waals surface area contributed by atoms with E-state index in [0.717, 1.165) is 0 Å². The molecule has 71 heavy (non-hydrogen) atoms. The molecular formula is C53H72F2O16. The van der Waals surface area contributed by atoms with Crippen molar-refractivity contribution in [1.82, 2.24) is 0 Å². The van der Waals surface area contributed by atoms with Gasteiger partial charge in [0.15, 0.2) is 36.1 Å². The van der Waals surface area contributed by atoms with E-state index in [4.69, 9.17) is 28.4 Å². The lowest BCUT2D eigenvalue weighted by Crippen LogP contribution is -2.69. The first-order chi connectivity index (χ1) is 33.4. The van der Waals surface area contributed by atoms with Gasteiger partial charge in [-0.25, -0.2) is 18.4 Å². The lowest BCUT2D eigenvalue weighted by molar-refractivity contribution is -0.219. The van der Waals surface area contributed by atoms with Gasteiger partial charge in [0, 0.05) is 22.2 Å². The summed E-state index contributed by atoms with van der Waals surface area (Å²) in [7, 11) is 0. The molecule has 0 bridgehead atoms. The van der Waals surface area contributed by atoms with E-state index in [9.17, 15) is 49.2 Å². The second-order valence-electron chi connectivity index (χ2n) is 21.9. The first-order valence-electron chi connectivity index (χ1n) is 25.3. The normalized spacial score (nSPS) is 40.6. The number of Topliss-reactive ketones (excluding diaryl/α,β-unsaturated/α-hetero) is 2. The molecule has 0 aromatic heterocycles. The van der Waals surface area contributed by atoms with Crippen LogP contribution in [0.4, 0.5) is 18.4 Å². The highest BCUT2D eigenvalue weighted by Gasteiger charge is 2.76. The molecule has 7 aliphatic rings. The van der Waals surface area contributed by atoms with Crippen LogP contribution < -0.4 is 0 Å². The van der Waals surface area contributed by atoms with Gasteiger partial charge in [0.25, 0.3) is 0 Å². The minimum atomic E-state index is -2.16. The first-order valence-corrected chi connectivity index (χ1v) is 25.3. The van der Waals surface area contributed by atoms with Crippen molar-refractivity contribution in [3.8, 4) is 0 Å². The van der Waals surface area contributed by atoms with E-state index >= 15 is 8.78 Å². The van der Waals surface area contributed by atoms with Crippen molar-refractivity contribution in [3.05, 3.63) is 47.6 Å². The van der Waals surface area contributed by atoms with Gasteiger partial charge in [-0.05, 0) is 126 Å². The van der Waals surface area contributed by atoms with E-state index < -0.39 is 124 Å². The van der Waals surface area contributed by atoms with Gasteiger partial charge in [-0.3, -0.25) is 19.2 Å². The van der Waals surface area contributed by atoms with Gasteiger partial charge >= 0.3 is 12.3 Å². The van der Waals surface area contributed by atoms with E-state index in [1.54, 1.807) is 46.8 Å². The summed E-state index contributed by atoms with van der Waals surface area (Å²) in [6.45, 7) is 8.26. The summed E-state index contributed by atoms with van der Waals surface area (Å²) in [6.07, 6.45) is 5.99. The van der Waals surface area contributed by atoms with Crippen LogP contribution in [-0.4, -0.2) is 143 Å².